The Hall–Kier alpha value is -1.87. The molecule has 2 heterocycles. The van der Waals surface area contributed by atoms with E-state index in [1.165, 1.54) is 24.9 Å². The summed E-state index contributed by atoms with van der Waals surface area (Å²) in [5, 5.41) is 4.82. The monoisotopic (exact) mass is 246 g/mol. The fourth-order valence-electron chi connectivity index (χ4n) is 1.44. The molecule has 0 aliphatic heterocycles. The predicted octanol–water partition coefficient (Wildman–Crippen LogP) is 1.36. The highest BCUT2D eigenvalue weighted by molar-refractivity contribution is 7.99. The van der Waals surface area contributed by atoms with E-state index in [-0.39, 0.29) is 5.78 Å². The molecule has 0 amide bonds. The second-order valence-corrected chi connectivity index (χ2v) is 4.35. The second kappa shape index (κ2) is 4.55. The van der Waals surface area contributed by atoms with E-state index in [1.54, 1.807) is 4.52 Å². The van der Waals surface area contributed by atoms with Crippen LogP contribution in [-0.2, 0) is 0 Å². The Kier molecular flexibility index (Phi) is 3.11. The van der Waals surface area contributed by atoms with Gasteiger partial charge in [-0.3, -0.25) is 4.79 Å². The number of thioether (sulfide) groups is 1. The van der Waals surface area contributed by atoms with E-state index in [2.05, 4.69) is 21.0 Å². The van der Waals surface area contributed by atoms with Crippen LogP contribution in [0.25, 0.3) is 5.78 Å². The summed E-state index contributed by atoms with van der Waals surface area (Å²) in [6.45, 7) is 3.32. The lowest BCUT2D eigenvalue weighted by Gasteiger charge is -2.01. The van der Waals surface area contributed by atoms with Crippen molar-refractivity contribution in [1.82, 2.24) is 19.6 Å². The molecule has 0 bridgehead atoms. The van der Waals surface area contributed by atoms with Gasteiger partial charge in [-0.05, 0) is 13.8 Å². The van der Waals surface area contributed by atoms with Crippen LogP contribution in [0.2, 0.25) is 0 Å². The number of carbonyl (C=O) groups excluding carboxylic acids is 1. The third-order valence-corrected chi connectivity index (χ3v) is 2.99. The van der Waals surface area contributed by atoms with Crippen LogP contribution in [0.3, 0.4) is 0 Å². The molecule has 0 fully saturated rings. The molecule has 0 radical (unpaired) electrons. The van der Waals surface area contributed by atoms with Crippen molar-refractivity contribution in [3.05, 3.63) is 17.5 Å². The van der Waals surface area contributed by atoms with Gasteiger partial charge in [0.15, 0.2) is 5.78 Å². The van der Waals surface area contributed by atoms with E-state index >= 15 is 0 Å². The van der Waals surface area contributed by atoms with E-state index in [9.17, 15) is 4.79 Å². The van der Waals surface area contributed by atoms with E-state index in [4.69, 9.17) is 6.42 Å². The Morgan fingerprint density at radius 1 is 1.65 bits per heavy atom. The summed E-state index contributed by atoms with van der Waals surface area (Å²) >= 11 is 1.37. The molecule has 0 N–H and O–H groups in total. The minimum Gasteiger partial charge on any atom is -0.294 e. The fraction of sp³-hybridized carbons (Fsp3) is 0.273. The Morgan fingerprint density at radius 3 is 3.06 bits per heavy atom. The van der Waals surface area contributed by atoms with Crippen LogP contribution in [0, 0.1) is 19.3 Å². The van der Waals surface area contributed by atoms with Gasteiger partial charge in [-0.2, -0.15) is 9.50 Å². The third kappa shape index (κ3) is 2.15. The van der Waals surface area contributed by atoms with Crippen LogP contribution >= 0.6 is 11.8 Å². The second-order valence-electron chi connectivity index (χ2n) is 3.41. The number of ketones is 1. The highest BCUT2D eigenvalue weighted by atomic mass is 32.2. The molecule has 0 aromatic carbocycles. The van der Waals surface area contributed by atoms with Crippen LogP contribution in [0.5, 0.6) is 0 Å². The molecule has 2 aromatic heterocycles. The number of nitrogens with zero attached hydrogens (tertiary/aromatic N) is 4. The first-order valence-corrected chi connectivity index (χ1v) is 5.91. The third-order valence-electron chi connectivity index (χ3n) is 2.25. The number of hydrogen-bond acceptors (Lipinski definition) is 5. The number of hydrogen-bond donors (Lipinski definition) is 0. The van der Waals surface area contributed by atoms with E-state index in [0.717, 1.165) is 5.69 Å². The van der Waals surface area contributed by atoms with Gasteiger partial charge in [0.2, 0.25) is 5.16 Å². The van der Waals surface area contributed by atoms with Crippen molar-refractivity contribution in [2.75, 3.05) is 5.75 Å². The Morgan fingerprint density at radius 2 is 2.41 bits per heavy atom. The number of aromatic nitrogens is 4. The Labute approximate surface area is 103 Å². The molecule has 0 spiro atoms. The maximum atomic E-state index is 11.4. The lowest BCUT2D eigenvalue weighted by Crippen LogP contribution is -2.05. The smallest absolute Gasteiger partial charge is 0.253 e. The number of carbonyl (C=O) groups is 1. The van der Waals surface area contributed by atoms with Crippen LogP contribution in [-0.4, -0.2) is 31.1 Å². The van der Waals surface area contributed by atoms with Crippen molar-refractivity contribution >= 4 is 23.3 Å². The number of fused-ring (bicyclic) bond motifs is 1. The van der Waals surface area contributed by atoms with Gasteiger partial charge in [-0.25, -0.2) is 4.98 Å². The minimum atomic E-state index is -0.0368. The van der Waals surface area contributed by atoms with Crippen LogP contribution in [0.1, 0.15) is 23.0 Å². The first-order valence-electron chi connectivity index (χ1n) is 4.93. The maximum Gasteiger partial charge on any atom is 0.253 e. The summed E-state index contributed by atoms with van der Waals surface area (Å²) in [6.07, 6.45) is 6.70. The Bertz CT molecular complexity index is 626. The number of Topliss-reactive ketones (excluding diaryl/α,β-unsaturated/α-hetero) is 1. The average Bonchev–Trinajstić information content (AvgIpc) is 2.70. The van der Waals surface area contributed by atoms with Gasteiger partial charge < -0.3 is 0 Å². The number of aryl methyl sites for hydroxylation is 1. The van der Waals surface area contributed by atoms with Crippen LogP contribution in [0.15, 0.2) is 11.4 Å². The molecule has 6 heteroatoms. The molecule has 2 rings (SSSR count). The molecule has 0 atom stereocenters. The van der Waals surface area contributed by atoms with Gasteiger partial charge >= 0.3 is 0 Å². The van der Waals surface area contributed by atoms with Crippen molar-refractivity contribution in [2.45, 2.75) is 19.0 Å². The SMILES string of the molecule is C#CCSc1nc2ncc(C(C)=O)c(C)n2n1. The van der Waals surface area contributed by atoms with Crippen molar-refractivity contribution in [1.29, 1.82) is 0 Å². The summed E-state index contributed by atoms with van der Waals surface area (Å²) in [5.74, 6) is 3.46. The molecule has 2 aromatic rings. The van der Waals surface area contributed by atoms with Gasteiger partial charge in [0.25, 0.3) is 5.78 Å². The topological polar surface area (TPSA) is 60.2 Å². The van der Waals surface area contributed by atoms with Crippen molar-refractivity contribution < 1.29 is 4.79 Å². The largest absolute Gasteiger partial charge is 0.294 e. The molecule has 86 valence electrons. The molecular weight excluding hydrogens is 236 g/mol. The van der Waals surface area contributed by atoms with Crippen molar-refractivity contribution in [2.24, 2.45) is 0 Å². The molecule has 0 aliphatic rings. The molecule has 17 heavy (non-hydrogen) atoms. The first kappa shape index (κ1) is 11.6. The Balaban J connectivity index is 2.51. The van der Waals surface area contributed by atoms with E-state index < -0.39 is 0 Å². The summed E-state index contributed by atoms with van der Waals surface area (Å²) in [7, 11) is 0. The molecule has 0 aliphatic carbocycles. The predicted molar refractivity (Wildman–Crippen MR) is 65.1 cm³/mol. The average molecular weight is 246 g/mol. The van der Waals surface area contributed by atoms with Gasteiger partial charge in [-0.15, -0.1) is 11.5 Å². The summed E-state index contributed by atoms with van der Waals surface area (Å²) in [4.78, 5) is 19.7. The zero-order valence-electron chi connectivity index (χ0n) is 9.47. The highest BCUT2D eigenvalue weighted by Gasteiger charge is 2.12. The van der Waals surface area contributed by atoms with Crippen LogP contribution in [0.4, 0.5) is 0 Å². The highest BCUT2D eigenvalue weighted by Crippen LogP contribution is 2.15. The molecule has 0 saturated heterocycles. The number of rotatable bonds is 3. The summed E-state index contributed by atoms with van der Waals surface area (Å²) < 4.78 is 1.57. The lowest BCUT2D eigenvalue weighted by atomic mass is 10.2. The van der Waals surface area contributed by atoms with Gasteiger partial charge in [0.1, 0.15) is 0 Å². The summed E-state index contributed by atoms with van der Waals surface area (Å²) in [6, 6.07) is 0. The van der Waals surface area contributed by atoms with Crippen molar-refractivity contribution in [3.8, 4) is 12.3 Å². The van der Waals surface area contributed by atoms with Gasteiger partial charge in [0.05, 0.1) is 17.0 Å². The van der Waals surface area contributed by atoms with E-state index in [1.807, 2.05) is 6.92 Å². The summed E-state index contributed by atoms with van der Waals surface area (Å²) in [5.41, 5.74) is 1.29. The molecule has 5 nitrogen and oxygen atoms in total. The quantitative estimate of drug-likeness (QED) is 0.465. The first-order chi connectivity index (χ1) is 8.13. The number of terminal acetylenes is 1. The molecule has 0 saturated carbocycles. The maximum absolute atomic E-state index is 11.4. The van der Waals surface area contributed by atoms with Crippen molar-refractivity contribution in [3.63, 3.8) is 0 Å². The fourth-order valence-corrected chi connectivity index (χ4v) is 1.93. The molecular formula is C11H10N4OS. The minimum absolute atomic E-state index is 0.0368. The van der Waals surface area contributed by atoms with E-state index in [0.29, 0.717) is 22.3 Å². The lowest BCUT2D eigenvalue weighted by molar-refractivity contribution is 0.101. The van der Waals surface area contributed by atoms with Gasteiger partial charge in [-0.1, -0.05) is 17.7 Å². The standard InChI is InChI=1S/C11H10N4OS/c1-4-5-17-11-13-10-12-6-9(8(3)16)7(2)15(10)14-11/h1,6H,5H2,2-3H3. The zero-order chi connectivity index (χ0) is 12.4. The normalized spacial score (nSPS) is 10.4. The van der Waals surface area contributed by atoms with Crippen LogP contribution < -0.4 is 0 Å². The van der Waals surface area contributed by atoms with Gasteiger partial charge in [0, 0.05) is 6.20 Å². The zero-order valence-corrected chi connectivity index (χ0v) is 10.3. The molecule has 0 unspecified atom stereocenters.